The highest BCUT2D eigenvalue weighted by Gasteiger charge is 2.42. The fourth-order valence-electron chi connectivity index (χ4n) is 4.08. The van der Waals surface area contributed by atoms with E-state index in [0.29, 0.717) is 18.4 Å². The first-order valence-electron chi connectivity index (χ1n) is 6.73. The van der Waals surface area contributed by atoms with Crippen LogP contribution in [0.3, 0.4) is 0 Å². The normalized spacial score (nSPS) is 32.9. The Bertz CT molecular complexity index is 404. The molecular formula is C15H20FN. The Morgan fingerprint density at radius 1 is 1.29 bits per heavy atom. The van der Waals surface area contributed by atoms with Crippen LogP contribution in [-0.4, -0.2) is 6.54 Å². The summed E-state index contributed by atoms with van der Waals surface area (Å²) in [6, 6.07) is 7.02. The first-order chi connectivity index (χ1) is 8.28. The predicted molar refractivity (Wildman–Crippen MR) is 67.1 cm³/mol. The van der Waals surface area contributed by atoms with E-state index in [1.165, 1.54) is 31.7 Å². The molecule has 0 spiro atoms. The molecule has 1 aromatic carbocycles. The molecule has 0 aliphatic heterocycles. The summed E-state index contributed by atoms with van der Waals surface area (Å²) in [6.07, 6.45) is 5.46. The van der Waals surface area contributed by atoms with Gasteiger partial charge in [-0.1, -0.05) is 18.6 Å². The Labute approximate surface area is 102 Å². The van der Waals surface area contributed by atoms with Crippen molar-refractivity contribution in [3.8, 4) is 0 Å². The number of halogens is 1. The van der Waals surface area contributed by atoms with E-state index >= 15 is 0 Å². The van der Waals surface area contributed by atoms with Gasteiger partial charge in [0, 0.05) is 0 Å². The molecule has 1 aromatic rings. The fraction of sp³-hybridized carbons (Fsp3) is 0.600. The number of hydrogen-bond acceptors (Lipinski definition) is 1. The SMILES string of the molecule is NCC(c1cccc(F)c1)C1CC2CCC1C2. The fourth-order valence-corrected chi connectivity index (χ4v) is 4.08. The molecule has 1 nitrogen and oxygen atoms in total. The number of fused-ring (bicyclic) bond motifs is 2. The van der Waals surface area contributed by atoms with E-state index < -0.39 is 0 Å². The van der Waals surface area contributed by atoms with Crippen molar-refractivity contribution in [3.05, 3.63) is 35.6 Å². The van der Waals surface area contributed by atoms with E-state index in [-0.39, 0.29) is 5.82 Å². The Morgan fingerprint density at radius 2 is 2.18 bits per heavy atom. The zero-order valence-electron chi connectivity index (χ0n) is 10.1. The van der Waals surface area contributed by atoms with Crippen molar-refractivity contribution in [3.63, 3.8) is 0 Å². The Morgan fingerprint density at radius 3 is 2.76 bits per heavy atom. The van der Waals surface area contributed by atoms with Crippen LogP contribution < -0.4 is 5.73 Å². The summed E-state index contributed by atoms with van der Waals surface area (Å²) < 4.78 is 13.3. The first kappa shape index (κ1) is 11.2. The Balaban J connectivity index is 1.84. The molecule has 0 heterocycles. The third-order valence-electron chi connectivity index (χ3n) is 4.84. The van der Waals surface area contributed by atoms with Crippen LogP contribution in [0.2, 0.25) is 0 Å². The molecule has 2 aliphatic carbocycles. The highest BCUT2D eigenvalue weighted by atomic mass is 19.1. The van der Waals surface area contributed by atoms with E-state index in [1.54, 1.807) is 12.1 Å². The van der Waals surface area contributed by atoms with Gasteiger partial charge in [0.05, 0.1) is 0 Å². The zero-order chi connectivity index (χ0) is 11.8. The largest absolute Gasteiger partial charge is 0.330 e. The van der Waals surface area contributed by atoms with Gasteiger partial charge in [-0.05, 0) is 67.2 Å². The van der Waals surface area contributed by atoms with Crippen molar-refractivity contribution < 1.29 is 4.39 Å². The van der Waals surface area contributed by atoms with Crippen molar-refractivity contribution >= 4 is 0 Å². The minimum Gasteiger partial charge on any atom is -0.330 e. The number of rotatable bonds is 3. The van der Waals surface area contributed by atoms with Gasteiger partial charge in [0.2, 0.25) is 0 Å². The van der Waals surface area contributed by atoms with E-state index in [9.17, 15) is 4.39 Å². The molecule has 2 aliphatic rings. The standard InChI is InChI=1S/C15H20FN/c16-13-3-1-2-11(8-13)15(9-17)14-7-10-4-5-12(14)6-10/h1-3,8,10,12,14-15H,4-7,9,17H2. The van der Waals surface area contributed by atoms with Crippen LogP contribution in [0.15, 0.2) is 24.3 Å². The molecule has 0 radical (unpaired) electrons. The molecular weight excluding hydrogens is 213 g/mol. The number of benzene rings is 1. The molecule has 0 amide bonds. The van der Waals surface area contributed by atoms with Gasteiger partial charge < -0.3 is 5.73 Å². The molecule has 4 unspecified atom stereocenters. The van der Waals surface area contributed by atoms with Gasteiger partial charge in [0.1, 0.15) is 5.82 Å². The number of nitrogens with two attached hydrogens (primary N) is 1. The molecule has 17 heavy (non-hydrogen) atoms. The van der Waals surface area contributed by atoms with Crippen molar-refractivity contribution in [2.24, 2.45) is 23.5 Å². The Kier molecular flexibility index (Phi) is 2.91. The number of hydrogen-bond donors (Lipinski definition) is 1. The van der Waals surface area contributed by atoms with Gasteiger partial charge in [0.25, 0.3) is 0 Å². The highest BCUT2D eigenvalue weighted by molar-refractivity contribution is 5.23. The van der Waals surface area contributed by atoms with Gasteiger partial charge >= 0.3 is 0 Å². The van der Waals surface area contributed by atoms with Gasteiger partial charge in [-0.2, -0.15) is 0 Å². The summed E-state index contributed by atoms with van der Waals surface area (Å²) in [4.78, 5) is 0. The second-order valence-corrected chi connectivity index (χ2v) is 5.74. The third kappa shape index (κ3) is 1.99. The quantitative estimate of drug-likeness (QED) is 0.851. The lowest BCUT2D eigenvalue weighted by molar-refractivity contribution is 0.283. The van der Waals surface area contributed by atoms with E-state index in [4.69, 9.17) is 5.73 Å². The molecule has 0 aromatic heterocycles. The van der Waals surface area contributed by atoms with E-state index in [0.717, 1.165) is 17.4 Å². The summed E-state index contributed by atoms with van der Waals surface area (Å²) in [6.45, 7) is 0.650. The van der Waals surface area contributed by atoms with Gasteiger partial charge in [0.15, 0.2) is 0 Å². The van der Waals surface area contributed by atoms with E-state index in [1.807, 2.05) is 6.07 Å². The van der Waals surface area contributed by atoms with Crippen LogP contribution in [0.1, 0.15) is 37.2 Å². The van der Waals surface area contributed by atoms with Crippen molar-refractivity contribution in [1.29, 1.82) is 0 Å². The molecule has 2 N–H and O–H groups in total. The van der Waals surface area contributed by atoms with Crippen LogP contribution in [0.25, 0.3) is 0 Å². The maximum atomic E-state index is 13.3. The lowest BCUT2D eigenvalue weighted by Crippen LogP contribution is -2.25. The van der Waals surface area contributed by atoms with Gasteiger partial charge in [-0.15, -0.1) is 0 Å². The molecule has 0 saturated heterocycles. The molecule has 3 rings (SSSR count). The summed E-state index contributed by atoms with van der Waals surface area (Å²) in [5, 5.41) is 0. The highest BCUT2D eigenvalue weighted by Crippen LogP contribution is 2.52. The molecule has 2 fully saturated rings. The molecule has 2 heteroatoms. The Hall–Kier alpha value is -0.890. The van der Waals surface area contributed by atoms with Crippen LogP contribution in [0.5, 0.6) is 0 Å². The van der Waals surface area contributed by atoms with Gasteiger partial charge in [-0.3, -0.25) is 0 Å². The van der Waals surface area contributed by atoms with Crippen LogP contribution in [0.4, 0.5) is 4.39 Å². The minimum absolute atomic E-state index is 0.135. The maximum Gasteiger partial charge on any atom is 0.123 e. The molecule has 92 valence electrons. The van der Waals surface area contributed by atoms with Crippen molar-refractivity contribution in [1.82, 2.24) is 0 Å². The van der Waals surface area contributed by atoms with Crippen molar-refractivity contribution in [2.45, 2.75) is 31.6 Å². The van der Waals surface area contributed by atoms with Crippen LogP contribution >= 0.6 is 0 Å². The third-order valence-corrected chi connectivity index (χ3v) is 4.84. The lowest BCUT2D eigenvalue weighted by atomic mass is 9.76. The lowest BCUT2D eigenvalue weighted by Gasteiger charge is -2.30. The average Bonchev–Trinajstić information content (AvgIpc) is 2.92. The molecule has 2 bridgehead atoms. The van der Waals surface area contributed by atoms with E-state index in [2.05, 4.69) is 0 Å². The van der Waals surface area contributed by atoms with Crippen LogP contribution in [-0.2, 0) is 0 Å². The summed E-state index contributed by atoms with van der Waals surface area (Å²) in [7, 11) is 0. The second kappa shape index (κ2) is 4.41. The van der Waals surface area contributed by atoms with Gasteiger partial charge in [-0.25, -0.2) is 4.39 Å². The zero-order valence-corrected chi connectivity index (χ0v) is 10.1. The first-order valence-corrected chi connectivity index (χ1v) is 6.73. The second-order valence-electron chi connectivity index (χ2n) is 5.74. The average molecular weight is 233 g/mol. The minimum atomic E-state index is -0.135. The summed E-state index contributed by atoms with van der Waals surface area (Å²) in [5.74, 6) is 2.69. The van der Waals surface area contributed by atoms with Crippen LogP contribution in [0, 0.1) is 23.6 Å². The monoisotopic (exact) mass is 233 g/mol. The van der Waals surface area contributed by atoms with Crippen molar-refractivity contribution in [2.75, 3.05) is 6.54 Å². The molecule has 2 saturated carbocycles. The smallest absolute Gasteiger partial charge is 0.123 e. The topological polar surface area (TPSA) is 26.0 Å². The molecule has 4 atom stereocenters. The predicted octanol–water partition coefficient (Wildman–Crippen LogP) is 3.30. The summed E-state index contributed by atoms with van der Waals surface area (Å²) >= 11 is 0. The maximum absolute atomic E-state index is 13.3. The summed E-state index contributed by atoms with van der Waals surface area (Å²) in [5.41, 5.74) is 7.05.